The van der Waals surface area contributed by atoms with Gasteiger partial charge in [-0.2, -0.15) is 0 Å². The predicted octanol–water partition coefficient (Wildman–Crippen LogP) is 2.99. The van der Waals surface area contributed by atoms with E-state index in [4.69, 9.17) is 4.74 Å². The first-order valence-electron chi connectivity index (χ1n) is 9.29. The number of rotatable bonds is 8. The number of nitrogens with one attached hydrogen (secondary N) is 2. The summed E-state index contributed by atoms with van der Waals surface area (Å²) < 4.78 is 9.50. The van der Waals surface area contributed by atoms with Crippen molar-refractivity contribution in [3.63, 3.8) is 0 Å². The molecule has 0 atom stereocenters. The molecule has 0 bridgehead atoms. The molecule has 2 N–H and O–H groups in total. The number of ether oxygens (including phenoxy) is 2. The van der Waals surface area contributed by atoms with Crippen LogP contribution in [0.1, 0.15) is 34.3 Å². The average molecular weight is 412 g/mol. The molecule has 0 saturated heterocycles. The van der Waals surface area contributed by atoms with Gasteiger partial charge in [-0.15, -0.1) is 0 Å². The van der Waals surface area contributed by atoms with Gasteiger partial charge in [0.05, 0.1) is 19.1 Å². The average Bonchev–Trinajstić information content (AvgIpc) is 2.73. The fourth-order valence-electron chi connectivity index (χ4n) is 2.48. The SMILES string of the molecule is COC(=O)c1ccc(NC(=O)CCC(=O)OCC(=O)Nc2ccc(C)c(C)c2)cc1. The fourth-order valence-corrected chi connectivity index (χ4v) is 2.48. The van der Waals surface area contributed by atoms with E-state index in [1.807, 2.05) is 26.0 Å². The third-order valence-corrected chi connectivity index (χ3v) is 4.30. The maximum Gasteiger partial charge on any atom is 0.337 e. The molecule has 0 aliphatic heterocycles. The van der Waals surface area contributed by atoms with Crippen LogP contribution in [0.4, 0.5) is 11.4 Å². The molecular formula is C22H24N2O6. The molecule has 2 aromatic rings. The van der Waals surface area contributed by atoms with Gasteiger partial charge in [-0.3, -0.25) is 14.4 Å². The molecule has 0 aromatic heterocycles. The Morgan fingerprint density at radius 1 is 0.800 bits per heavy atom. The van der Waals surface area contributed by atoms with Gasteiger partial charge in [0, 0.05) is 17.8 Å². The van der Waals surface area contributed by atoms with E-state index in [9.17, 15) is 19.2 Å². The Kier molecular flexibility index (Phi) is 8.10. The van der Waals surface area contributed by atoms with Crippen LogP contribution in [0.3, 0.4) is 0 Å². The van der Waals surface area contributed by atoms with Crippen molar-refractivity contribution in [3.05, 3.63) is 59.2 Å². The molecule has 0 unspecified atom stereocenters. The van der Waals surface area contributed by atoms with Crippen molar-refractivity contribution in [2.45, 2.75) is 26.7 Å². The minimum absolute atomic E-state index is 0.101. The second-order valence-electron chi connectivity index (χ2n) is 6.63. The van der Waals surface area contributed by atoms with Crippen LogP contribution in [0.5, 0.6) is 0 Å². The Balaban J connectivity index is 1.70. The number of carbonyl (C=O) groups is 4. The topological polar surface area (TPSA) is 111 Å². The van der Waals surface area contributed by atoms with E-state index in [2.05, 4.69) is 15.4 Å². The van der Waals surface area contributed by atoms with E-state index in [0.29, 0.717) is 16.9 Å². The standard InChI is InChI=1S/C22H24N2O6/c1-14-4-7-18(12-15(14)2)24-20(26)13-30-21(27)11-10-19(25)23-17-8-5-16(6-9-17)22(28)29-3/h4-9,12H,10-11,13H2,1-3H3,(H,23,25)(H,24,26). The molecule has 2 aromatic carbocycles. The van der Waals surface area contributed by atoms with Gasteiger partial charge in [0.1, 0.15) is 0 Å². The number of aryl methyl sites for hydroxylation is 2. The summed E-state index contributed by atoms with van der Waals surface area (Å²) in [5.74, 6) is -1.97. The summed E-state index contributed by atoms with van der Waals surface area (Å²) in [6.07, 6.45) is -0.265. The zero-order valence-electron chi connectivity index (χ0n) is 17.1. The summed E-state index contributed by atoms with van der Waals surface area (Å²) in [6.45, 7) is 3.47. The van der Waals surface area contributed by atoms with Crippen molar-refractivity contribution < 1.29 is 28.7 Å². The van der Waals surface area contributed by atoms with E-state index in [-0.39, 0.29) is 12.8 Å². The van der Waals surface area contributed by atoms with Crippen molar-refractivity contribution in [3.8, 4) is 0 Å². The third-order valence-electron chi connectivity index (χ3n) is 4.30. The maximum absolute atomic E-state index is 11.9. The molecule has 0 spiro atoms. The first-order chi connectivity index (χ1) is 14.3. The summed E-state index contributed by atoms with van der Waals surface area (Å²) >= 11 is 0. The van der Waals surface area contributed by atoms with Crippen LogP contribution in [0, 0.1) is 13.8 Å². The monoisotopic (exact) mass is 412 g/mol. The number of esters is 2. The number of methoxy groups -OCH3 is 1. The maximum atomic E-state index is 11.9. The highest BCUT2D eigenvalue weighted by Gasteiger charge is 2.12. The second kappa shape index (κ2) is 10.8. The number of hydrogen-bond acceptors (Lipinski definition) is 6. The minimum Gasteiger partial charge on any atom is -0.465 e. The lowest BCUT2D eigenvalue weighted by Crippen LogP contribution is -2.21. The molecule has 0 saturated carbocycles. The van der Waals surface area contributed by atoms with E-state index in [1.165, 1.54) is 19.2 Å². The number of benzene rings is 2. The first-order valence-corrected chi connectivity index (χ1v) is 9.29. The smallest absolute Gasteiger partial charge is 0.337 e. The van der Waals surface area contributed by atoms with E-state index >= 15 is 0 Å². The lowest BCUT2D eigenvalue weighted by molar-refractivity contribution is -0.147. The van der Waals surface area contributed by atoms with Crippen molar-refractivity contribution >= 4 is 35.1 Å². The summed E-state index contributed by atoms with van der Waals surface area (Å²) in [5, 5.41) is 5.26. The highest BCUT2D eigenvalue weighted by atomic mass is 16.5. The Morgan fingerprint density at radius 3 is 2.07 bits per heavy atom. The van der Waals surface area contributed by atoms with Crippen molar-refractivity contribution in [2.24, 2.45) is 0 Å². The molecule has 0 heterocycles. The van der Waals surface area contributed by atoms with Crippen LogP contribution in [0.15, 0.2) is 42.5 Å². The molecular weight excluding hydrogens is 388 g/mol. The van der Waals surface area contributed by atoms with Gasteiger partial charge in [0.25, 0.3) is 5.91 Å². The Morgan fingerprint density at radius 2 is 1.43 bits per heavy atom. The van der Waals surface area contributed by atoms with Gasteiger partial charge < -0.3 is 20.1 Å². The minimum atomic E-state index is -0.651. The summed E-state index contributed by atoms with van der Waals surface area (Å²) in [6, 6.07) is 11.6. The molecule has 2 rings (SSSR count). The summed E-state index contributed by atoms with van der Waals surface area (Å²) in [5.41, 5.74) is 3.61. The van der Waals surface area contributed by atoms with E-state index in [0.717, 1.165) is 11.1 Å². The van der Waals surface area contributed by atoms with E-state index in [1.54, 1.807) is 18.2 Å². The van der Waals surface area contributed by atoms with Crippen LogP contribution in [-0.2, 0) is 23.9 Å². The van der Waals surface area contributed by atoms with Gasteiger partial charge in [-0.05, 0) is 61.4 Å². The van der Waals surface area contributed by atoms with Gasteiger partial charge in [-0.1, -0.05) is 6.07 Å². The van der Waals surface area contributed by atoms with Gasteiger partial charge in [0.15, 0.2) is 6.61 Å². The molecule has 0 fully saturated rings. The Labute approximate surface area is 174 Å². The van der Waals surface area contributed by atoms with Gasteiger partial charge in [0.2, 0.25) is 5.91 Å². The number of amides is 2. The quantitative estimate of drug-likeness (QED) is 0.645. The first kappa shape index (κ1) is 22.6. The van der Waals surface area contributed by atoms with Crippen molar-refractivity contribution in [1.29, 1.82) is 0 Å². The normalized spacial score (nSPS) is 10.1. The number of hydrogen-bond donors (Lipinski definition) is 2. The van der Waals surface area contributed by atoms with Crippen LogP contribution in [0.2, 0.25) is 0 Å². The summed E-state index contributed by atoms with van der Waals surface area (Å²) in [7, 11) is 1.28. The molecule has 158 valence electrons. The van der Waals surface area contributed by atoms with E-state index < -0.39 is 30.4 Å². The zero-order chi connectivity index (χ0) is 22.1. The highest BCUT2D eigenvalue weighted by molar-refractivity contribution is 5.95. The second-order valence-corrected chi connectivity index (χ2v) is 6.63. The molecule has 8 heteroatoms. The van der Waals surface area contributed by atoms with Crippen LogP contribution in [-0.4, -0.2) is 37.5 Å². The lowest BCUT2D eigenvalue weighted by Gasteiger charge is -2.09. The Bertz CT molecular complexity index is 937. The zero-order valence-corrected chi connectivity index (χ0v) is 17.1. The lowest BCUT2D eigenvalue weighted by atomic mass is 10.1. The fraction of sp³-hybridized carbons (Fsp3) is 0.273. The predicted molar refractivity (Wildman–Crippen MR) is 111 cm³/mol. The number of anilines is 2. The molecule has 30 heavy (non-hydrogen) atoms. The Hall–Kier alpha value is -3.68. The molecule has 0 radical (unpaired) electrons. The highest BCUT2D eigenvalue weighted by Crippen LogP contribution is 2.14. The van der Waals surface area contributed by atoms with Crippen LogP contribution < -0.4 is 10.6 Å². The molecule has 2 amide bonds. The van der Waals surface area contributed by atoms with Crippen molar-refractivity contribution in [1.82, 2.24) is 0 Å². The number of carbonyl (C=O) groups excluding carboxylic acids is 4. The van der Waals surface area contributed by atoms with Crippen LogP contribution in [0.25, 0.3) is 0 Å². The largest absolute Gasteiger partial charge is 0.465 e. The molecule has 0 aliphatic rings. The third kappa shape index (κ3) is 7.05. The van der Waals surface area contributed by atoms with Gasteiger partial charge in [-0.25, -0.2) is 4.79 Å². The van der Waals surface area contributed by atoms with Crippen LogP contribution >= 0.6 is 0 Å². The molecule has 0 aliphatic carbocycles. The van der Waals surface area contributed by atoms with Gasteiger partial charge >= 0.3 is 11.9 Å². The molecule has 8 nitrogen and oxygen atoms in total. The summed E-state index contributed by atoms with van der Waals surface area (Å²) in [4.78, 5) is 47.0. The van der Waals surface area contributed by atoms with Crippen molar-refractivity contribution in [2.75, 3.05) is 24.4 Å².